The summed E-state index contributed by atoms with van der Waals surface area (Å²) >= 11 is 19.9. The topological polar surface area (TPSA) is 37.8 Å². The Morgan fingerprint density at radius 2 is 2.05 bits per heavy atom. The van der Waals surface area contributed by atoms with Crippen LogP contribution in [-0.4, -0.2) is 15.7 Å². The Bertz CT molecular complexity index is 679. The van der Waals surface area contributed by atoms with E-state index in [1.165, 1.54) is 0 Å². The standard InChI is InChI=1S/C14H12Cl3N3S/c15-9-4-3-8(10(16)6-9)7-18-13-12-11(2-1-5-21-12)19-14(17)20-13/h3-4,6H,1-2,5,7H2,(H,18,19,20). The van der Waals surface area contributed by atoms with Crippen molar-refractivity contribution in [1.82, 2.24) is 9.97 Å². The van der Waals surface area contributed by atoms with E-state index in [2.05, 4.69) is 15.3 Å². The second kappa shape index (κ2) is 6.61. The highest BCUT2D eigenvalue weighted by atomic mass is 35.5. The van der Waals surface area contributed by atoms with Crippen LogP contribution in [-0.2, 0) is 13.0 Å². The van der Waals surface area contributed by atoms with Crippen molar-refractivity contribution in [1.29, 1.82) is 0 Å². The van der Waals surface area contributed by atoms with E-state index in [0.29, 0.717) is 16.6 Å². The van der Waals surface area contributed by atoms with Crippen LogP contribution < -0.4 is 5.32 Å². The maximum absolute atomic E-state index is 6.18. The van der Waals surface area contributed by atoms with E-state index in [-0.39, 0.29) is 5.28 Å². The predicted molar refractivity (Wildman–Crippen MR) is 89.9 cm³/mol. The first-order valence-corrected chi connectivity index (χ1v) is 8.62. The van der Waals surface area contributed by atoms with Gasteiger partial charge in [0.05, 0.1) is 10.6 Å². The minimum atomic E-state index is 0.279. The Morgan fingerprint density at radius 3 is 2.86 bits per heavy atom. The Morgan fingerprint density at radius 1 is 1.19 bits per heavy atom. The third-order valence-electron chi connectivity index (χ3n) is 3.17. The zero-order valence-electron chi connectivity index (χ0n) is 11.0. The molecule has 2 aromatic rings. The van der Waals surface area contributed by atoms with Crippen LogP contribution in [0.3, 0.4) is 0 Å². The molecule has 3 nitrogen and oxygen atoms in total. The predicted octanol–water partition coefficient (Wildman–Crippen LogP) is 5.09. The number of aryl methyl sites for hydroxylation is 1. The number of nitrogens with zero attached hydrogens (tertiary/aromatic N) is 2. The van der Waals surface area contributed by atoms with Crippen molar-refractivity contribution in [3.63, 3.8) is 0 Å². The van der Waals surface area contributed by atoms with Gasteiger partial charge < -0.3 is 5.32 Å². The average Bonchev–Trinajstić information content (AvgIpc) is 2.46. The molecule has 7 heteroatoms. The second-order valence-electron chi connectivity index (χ2n) is 4.66. The van der Waals surface area contributed by atoms with E-state index in [4.69, 9.17) is 34.8 Å². The lowest BCUT2D eigenvalue weighted by molar-refractivity contribution is 0.827. The summed E-state index contributed by atoms with van der Waals surface area (Å²) in [5, 5.41) is 4.85. The minimum Gasteiger partial charge on any atom is -0.365 e. The summed E-state index contributed by atoms with van der Waals surface area (Å²) in [5.74, 6) is 1.86. The van der Waals surface area contributed by atoms with Gasteiger partial charge in [-0.15, -0.1) is 11.8 Å². The van der Waals surface area contributed by atoms with E-state index >= 15 is 0 Å². The van der Waals surface area contributed by atoms with Crippen LogP contribution in [0.4, 0.5) is 5.82 Å². The Labute approximate surface area is 142 Å². The molecule has 2 heterocycles. The molecule has 1 aromatic heterocycles. The van der Waals surface area contributed by atoms with Gasteiger partial charge in [0, 0.05) is 16.6 Å². The molecule has 0 fully saturated rings. The molecule has 1 aliphatic rings. The fourth-order valence-electron chi connectivity index (χ4n) is 2.17. The van der Waals surface area contributed by atoms with E-state index in [0.717, 1.165) is 40.6 Å². The largest absolute Gasteiger partial charge is 0.365 e. The molecule has 3 rings (SSSR count). The molecule has 110 valence electrons. The molecule has 0 amide bonds. The zero-order valence-corrected chi connectivity index (χ0v) is 14.1. The van der Waals surface area contributed by atoms with Crippen LogP contribution in [0, 0.1) is 0 Å². The molecule has 0 saturated heterocycles. The van der Waals surface area contributed by atoms with Gasteiger partial charge in [-0.25, -0.2) is 4.98 Å². The summed E-state index contributed by atoms with van der Waals surface area (Å²) in [5.41, 5.74) is 1.99. The SMILES string of the molecule is Clc1ccc(CNc2nc(Cl)nc3c2SCCC3)c(Cl)c1. The fourth-order valence-corrected chi connectivity index (χ4v) is 3.89. The molecule has 0 radical (unpaired) electrons. The maximum atomic E-state index is 6.18. The number of halogens is 3. The molecule has 1 aromatic carbocycles. The van der Waals surface area contributed by atoms with Crippen molar-refractivity contribution in [2.75, 3.05) is 11.1 Å². The molecular formula is C14H12Cl3N3S. The third-order valence-corrected chi connectivity index (χ3v) is 5.14. The lowest BCUT2D eigenvalue weighted by Gasteiger charge is -2.18. The fraction of sp³-hybridized carbons (Fsp3) is 0.286. The zero-order chi connectivity index (χ0) is 14.8. The van der Waals surface area contributed by atoms with Gasteiger partial charge >= 0.3 is 0 Å². The third kappa shape index (κ3) is 3.57. The summed E-state index contributed by atoms with van der Waals surface area (Å²) in [6, 6.07) is 5.46. The van der Waals surface area contributed by atoms with Crippen molar-refractivity contribution < 1.29 is 0 Å². The second-order valence-corrected chi connectivity index (χ2v) is 6.95. The molecule has 1 N–H and O–H groups in total. The summed E-state index contributed by atoms with van der Waals surface area (Å²) in [6.07, 6.45) is 2.06. The van der Waals surface area contributed by atoms with E-state index in [1.807, 2.05) is 12.1 Å². The summed E-state index contributed by atoms with van der Waals surface area (Å²) in [7, 11) is 0. The quantitative estimate of drug-likeness (QED) is 0.774. The van der Waals surface area contributed by atoms with Gasteiger partial charge in [0.1, 0.15) is 5.82 Å². The normalized spacial score (nSPS) is 13.9. The lowest BCUT2D eigenvalue weighted by Crippen LogP contribution is -2.10. The Kier molecular flexibility index (Phi) is 4.79. The number of thioether (sulfide) groups is 1. The molecule has 0 unspecified atom stereocenters. The summed E-state index contributed by atoms with van der Waals surface area (Å²) in [6.45, 7) is 0.566. The van der Waals surface area contributed by atoms with Crippen LogP contribution in [0.15, 0.2) is 23.1 Å². The highest BCUT2D eigenvalue weighted by Gasteiger charge is 2.18. The highest BCUT2D eigenvalue weighted by molar-refractivity contribution is 7.99. The Hall–Kier alpha value is -0.680. The molecule has 0 saturated carbocycles. The summed E-state index contributed by atoms with van der Waals surface area (Å²) < 4.78 is 0. The van der Waals surface area contributed by atoms with Crippen LogP contribution in [0.1, 0.15) is 17.7 Å². The molecule has 0 bridgehead atoms. The van der Waals surface area contributed by atoms with Crippen molar-refractivity contribution in [3.8, 4) is 0 Å². The van der Waals surface area contributed by atoms with Crippen LogP contribution in [0.5, 0.6) is 0 Å². The highest BCUT2D eigenvalue weighted by Crippen LogP contribution is 2.35. The first-order chi connectivity index (χ1) is 10.1. The van der Waals surface area contributed by atoms with E-state index in [1.54, 1.807) is 17.8 Å². The van der Waals surface area contributed by atoms with Crippen molar-refractivity contribution in [2.45, 2.75) is 24.3 Å². The van der Waals surface area contributed by atoms with Gasteiger partial charge in [-0.2, -0.15) is 4.98 Å². The van der Waals surface area contributed by atoms with Gasteiger partial charge in [-0.3, -0.25) is 0 Å². The molecular weight excluding hydrogens is 349 g/mol. The van der Waals surface area contributed by atoms with Gasteiger partial charge in [0.15, 0.2) is 0 Å². The van der Waals surface area contributed by atoms with E-state index in [9.17, 15) is 0 Å². The number of rotatable bonds is 3. The monoisotopic (exact) mass is 359 g/mol. The number of fused-ring (bicyclic) bond motifs is 1. The first-order valence-electron chi connectivity index (χ1n) is 6.50. The number of benzene rings is 1. The van der Waals surface area contributed by atoms with Crippen molar-refractivity contribution >= 4 is 52.4 Å². The van der Waals surface area contributed by atoms with Gasteiger partial charge in [-0.05, 0) is 47.9 Å². The molecule has 0 atom stereocenters. The molecule has 21 heavy (non-hydrogen) atoms. The molecule has 1 aliphatic heterocycles. The maximum Gasteiger partial charge on any atom is 0.224 e. The molecule has 0 aliphatic carbocycles. The summed E-state index contributed by atoms with van der Waals surface area (Å²) in [4.78, 5) is 9.70. The smallest absolute Gasteiger partial charge is 0.224 e. The van der Waals surface area contributed by atoms with E-state index < -0.39 is 0 Å². The van der Waals surface area contributed by atoms with Gasteiger partial charge in [0.25, 0.3) is 0 Å². The average molecular weight is 361 g/mol. The van der Waals surface area contributed by atoms with Crippen molar-refractivity contribution in [3.05, 3.63) is 44.8 Å². The van der Waals surface area contributed by atoms with Gasteiger partial charge in [0.2, 0.25) is 5.28 Å². The van der Waals surface area contributed by atoms with Crippen LogP contribution in [0.25, 0.3) is 0 Å². The Balaban J connectivity index is 1.83. The number of anilines is 1. The minimum absolute atomic E-state index is 0.279. The number of aromatic nitrogens is 2. The lowest BCUT2D eigenvalue weighted by atomic mass is 10.2. The van der Waals surface area contributed by atoms with Crippen molar-refractivity contribution in [2.24, 2.45) is 0 Å². The molecule has 0 spiro atoms. The number of hydrogen-bond donors (Lipinski definition) is 1. The number of nitrogens with one attached hydrogen (secondary N) is 1. The van der Waals surface area contributed by atoms with Crippen LogP contribution in [0.2, 0.25) is 15.3 Å². The first kappa shape index (κ1) is 15.2. The van der Waals surface area contributed by atoms with Gasteiger partial charge in [-0.1, -0.05) is 29.3 Å². The van der Waals surface area contributed by atoms with Crippen LogP contribution >= 0.6 is 46.6 Å². The number of hydrogen-bond acceptors (Lipinski definition) is 4.